The molecule has 0 aromatic heterocycles. The summed E-state index contributed by atoms with van der Waals surface area (Å²) in [4.78, 5) is 24.3. The Bertz CT molecular complexity index is 802. The van der Waals surface area contributed by atoms with E-state index in [1.165, 1.54) is 11.1 Å². The van der Waals surface area contributed by atoms with Crippen LogP contribution in [0, 0.1) is 5.92 Å². The van der Waals surface area contributed by atoms with Gasteiger partial charge in [-0.3, -0.25) is 4.79 Å². The van der Waals surface area contributed by atoms with Gasteiger partial charge >= 0.3 is 5.97 Å². The number of aliphatic carboxylic acids is 1. The molecule has 0 bridgehead atoms. The molecule has 4 rings (SSSR count). The van der Waals surface area contributed by atoms with Crippen molar-refractivity contribution in [1.82, 2.24) is 5.32 Å². The van der Waals surface area contributed by atoms with Crippen molar-refractivity contribution in [2.24, 2.45) is 5.92 Å². The van der Waals surface area contributed by atoms with Crippen molar-refractivity contribution in [3.63, 3.8) is 0 Å². The molecule has 1 fully saturated rings. The molecule has 0 radical (unpaired) electrons. The van der Waals surface area contributed by atoms with Crippen molar-refractivity contribution in [3.05, 3.63) is 71.3 Å². The van der Waals surface area contributed by atoms with Gasteiger partial charge in [-0.15, -0.1) is 0 Å². The maximum Gasteiger partial charge on any atom is 0.330 e. The van der Waals surface area contributed by atoms with E-state index in [2.05, 4.69) is 17.4 Å². The summed E-state index contributed by atoms with van der Waals surface area (Å²) in [5.41, 5.74) is 3.13. The Hall–Kier alpha value is -2.62. The molecule has 4 heteroatoms. The second-order valence-electron chi connectivity index (χ2n) is 6.76. The molecule has 122 valence electrons. The van der Waals surface area contributed by atoms with Crippen molar-refractivity contribution >= 4 is 11.9 Å². The fraction of sp³-hybridized carbons (Fsp3) is 0.300. The summed E-state index contributed by atoms with van der Waals surface area (Å²) >= 11 is 0. The number of nitrogens with one attached hydrogen (secondary N) is 1. The fourth-order valence-corrected chi connectivity index (χ4v) is 4.12. The van der Waals surface area contributed by atoms with Gasteiger partial charge in [0.1, 0.15) is 0 Å². The summed E-state index contributed by atoms with van der Waals surface area (Å²) in [5, 5.41) is 12.2. The smallest absolute Gasteiger partial charge is 0.330 e. The largest absolute Gasteiger partial charge is 0.479 e. The van der Waals surface area contributed by atoms with Crippen LogP contribution >= 0.6 is 0 Å². The Morgan fingerprint density at radius 2 is 1.79 bits per heavy atom. The Morgan fingerprint density at radius 3 is 2.54 bits per heavy atom. The summed E-state index contributed by atoms with van der Waals surface area (Å²) < 4.78 is 0. The van der Waals surface area contributed by atoms with E-state index in [1.807, 2.05) is 18.2 Å². The highest BCUT2D eigenvalue weighted by atomic mass is 16.4. The van der Waals surface area contributed by atoms with Gasteiger partial charge in [0.25, 0.3) is 0 Å². The predicted molar refractivity (Wildman–Crippen MR) is 89.5 cm³/mol. The van der Waals surface area contributed by atoms with Gasteiger partial charge in [-0.25, -0.2) is 4.79 Å². The number of carbonyl (C=O) groups excluding carboxylic acids is 1. The standard InChI is InChI=1S/C20H19NO3/c22-18(21-17(19(23)24)14-7-2-1-3-8-14)16-12-20(16)11-10-13-6-4-5-9-15(13)20/h1-9,16-17H,10-12H2,(H,21,22)(H,23,24)/t16?,17-,20?/m1/s1. The SMILES string of the molecule is O=C(N[C@@H](C(=O)O)c1ccccc1)C1CC12CCc1ccccc12. The van der Waals surface area contributed by atoms with Crippen LogP contribution < -0.4 is 5.32 Å². The predicted octanol–water partition coefficient (Wildman–Crippen LogP) is 2.83. The molecule has 4 nitrogen and oxygen atoms in total. The van der Waals surface area contributed by atoms with Crippen molar-refractivity contribution < 1.29 is 14.7 Å². The third-order valence-corrected chi connectivity index (χ3v) is 5.45. The average Bonchev–Trinajstić information content (AvgIpc) is 3.22. The molecule has 3 atom stereocenters. The number of carboxylic acids is 1. The van der Waals surface area contributed by atoms with Crippen LogP contribution in [0.2, 0.25) is 0 Å². The lowest BCUT2D eigenvalue weighted by atomic mass is 9.95. The number of rotatable bonds is 4. The molecule has 0 saturated heterocycles. The normalized spacial score (nSPS) is 25.1. The molecule has 2 unspecified atom stereocenters. The average molecular weight is 321 g/mol. The van der Waals surface area contributed by atoms with E-state index in [1.54, 1.807) is 24.3 Å². The van der Waals surface area contributed by atoms with E-state index in [4.69, 9.17) is 0 Å². The Labute approximate surface area is 140 Å². The lowest BCUT2D eigenvalue weighted by Crippen LogP contribution is -2.36. The number of hydrogen-bond acceptors (Lipinski definition) is 2. The van der Waals surface area contributed by atoms with E-state index < -0.39 is 12.0 Å². The van der Waals surface area contributed by atoms with Crippen LogP contribution in [0.1, 0.15) is 35.6 Å². The summed E-state index contributed by atoms with van der Waals surface area (Å²) in [7, 11) is 0. The van der Waals surface area contributed by atoms with Crippen molar-refractivity contribution in [1.29, 1.82) is 0 Å². The molecular formula is C20H19NO3. The van der Waals surface area contributed by atoms with Crippen LogP contribution in [-0.4, -0.2) is 17.0 Å². The molecule has 2 aliphatic rings. The van der Waals surface area contributed by atoms with Gasteiger partial charge in [0, 0.05) is 11.3 Å². The minimum absolute atomic E-state index is 0.0690. The van der Waals surface area contributed by atoms with Gasteiger partial charge in [-0.1, -0.05) is 54.6 Å². The summed E-state index contributed by atoms with van der Waals surface area (Å²) in [6.07, 6.45) is 2.80. The number of benzene rings is 2. The highest BCUT2D eigenvalue weighted by molar-refractivity contribution is 5.89. The quantitative estimate of drug-likeness (QED) is 0.910. The minimum Gasteiger partial charge on any atom is -0.479 e. The van der Waals surface area contributed by atoms with E-state index >= 15 is 0 Å². The first-order valence-corrected chi connectivity index (χ1v) is 8.28. The van der Waals surface area contributed by atoms with Gasteiger partial charge in [0.2, 0.25) is 5.91 Å². The Balaban J connectivity index is 1.53. The van der Waals surface area contributed by atoms with Gasteiger partial charge in [0.05, 0.1) is 0 Å². The second kappa shape index (κ2) is 5.48. The maximum atomic E-state index is 12.7. The molecule has 2 N–H and O–H groups in total. The van der Waals surface area contributed by atoms with E-state index in [0.29, 0.717) is 5.56 Å². The van der Waals surface area contributed by atoms with Gasteiger partial charge in [-0.2, -0.15) is 0 Å². The second-order valence-corrected chi connectivity index (χ2v) is 6.76. The third-order valence-electron chi connectivity index (χ3n) is 5.45. The summed E-state index contributed by atoms with van der Waals surface area (Å²) in [5.74, 6) is -1.30. The van der Waals surface area contributed by atoms with Gasteiger partial charge in [0.15, 0.2) is 6.04 Å². The molecule has 0 aliphatic heterocycles. The first-order chi connectivity index (χ1) is 11.6. The first-order valence-electron chi connectivity index (χ1n) is 8.28. The van der Waals surface area contributed by atoms with Crippen molar-refractivity contribution in [2.75, 3.05) is 0 Å². The highest BCUT2D eigenvalue weighted by Gasteiger charge is 2.61. The fourth-order valence-electron chi connectivity index (χ4n) is 4.12. The van der Waals surface area contributed by atoms with E-state index in [9.17, 15) is 14.7 Å². The summed E-state index contributed by atoms with van der Waals surface area (Å²) in [6, 6.07) is 16.1. The molecular weight excluding hydrogens is 302 g/mol. The Kier molecular flexibility index (Phi) is 3.41. The molecule has 2 aromatic carbocycles. The number of fused-ring (bicyclic) bond motifs is 2. The molecule has 0 heterocycles. The molecule has 1 amide bonds. The zero-order valence-electron chi connectivity index (χ0n) is 13.2. The molecule has 2 aromatic rings. The molecule has 2 aliphatic carbocycles. The summed E-state index contributed by atoms with van der Waals surface area (Å²) in [6.45, 7) is 0. The van der Waals surface area contributed by atoms with Crippen LogP contribution in [-0.2, 0) is 21.4 Å². The van der Waals surface area contributed by atoms with Gasteiger partial charge in [-0.05, 0) is 36.0 Å². The number of amides is 1. The zero-order chi connectivity index (χ0) is 16.7. The van der Waals surface area contributed by atoms with Gasteiger partial charge < -0.3 is 10.4 Å². The highest BCUT2D eigenvalue weighted by Crippen LogP contribution is 2.61. The van der Waals surface area contributed by atoms with Crippen LogP contribution in [0.15, 0.2) is 54.6 Å². The van der Waals surface area contributed by atoms with Crippen molar-refractivity contribution in [2.45, 2.75) is 30.7 Å². The van der Waals surface area contributed by atoms with Crippen LogP contribution in [0.3, 0.4) is 0 Å². The van der Waals surface area contributed by atoms with Crippen molar-refractivity contribution in [3.8, 4) is 0 Å². The maximum absolute atomic E-state index is 12.7. The number of aryl methyl sites for hydroxylation is 1. The number of hydrogen-bond donors (Lipinski definition) is 2. The van der Waals surface area contributed by atoms with Crippen LogP contribution in [0.4, 0.5) is 0 Å². The molecule has 1 saturated carbocycles. The third kappa shape index (κ3) is 2.30. The lowest BCUT2D eigenvalue weighted by molar-refractivity contribution is -0.142. The number of carbonyl (C=O) groups is 2. The van der Waals surface area contributed by atoms with E-state index in [0.717, 1.165) is 19.3 Å². The topological polar surface area (TPSA) is 66.4 Å². The number of carboxylic acid groups (broad SMARTS) is 1. The first kappa shape index (κ1) is 14.9. The molecule has 1 spiro atoms. The monoisotopic (exact) mass is 321 g/mol. The minimum atomic E-state index is -1.03. The zero-order valence-corrected chi connectivity index (χ0v) is 13.2. The molecule has 24 heavy (non-hydrogen) atoms. The Morgan fingerprint density at radius 1 is 1.08 bits per heavy atom. The lowest BCUT2D eigenvalue weighted by Gasteiger charge is -2.17. The van der Waals surface area contributed by atoms with E-state index in [-0.39, 0.29) is 17.2 Å². The van der Waals surface area contributed by atoms with Crippen LogP contribution in [0.25, 0.3) is 0 Å². The van der Waals surface area contributed by atoms with Crippen LogP contribution in [0.5, 0.6) is 0 Å².